The van der Waals surface area contributed by atoms with Crippen molar-refractivity contribution in [2.24, 2.45) is 5.92 Å². The molecule has 0 saturated carbocycles. The van der Waals surface area contributed by atoms with Crippen LogP contribution in [0.5, 0.6) is 0 Å². The summed E-state index contributed by atoms with van der Waals surface area (Å²) in [5.74, 6) is -1.55. The van der Waals surface area contributed by atoms with Gasteiger partial charge in [0.05, 0.1) is 5.92 Å². The van der Waals surface area contributed by atoms with Crippen molar-refractivity contribution in [2.75, 3.05) is 11.4 Å². The fraction of sp³-hybridized carbons (Fsp3) is 0.250. The number of benzene rings is 2. The van der Waals surface area contributed by atoms with Crippen LogP contribution in [-0.2, 0) is 14.3 Å². The highest BCUT2D eigenvalue weighted by molar-refractivity contribution is 6.30. The molecule has 0 spiro atoms. The first-order valence-corrected chi connectivity index (χ1v) is 8.69. The van der Waals surface area contributed by atoms with E-state index >= 15 is 0 Å². The number of Topliss-reactive ketones (excluding diaryl/α,β-unsaturated/α-hetero) is 1. The Balaban J connectivity index is 1.63. The van der Waals surface area contributed by atoms with Crippen molar-refractivity contribution in [3.63, 3.8) is 0 Å². The minimum atomic E-state index is -0.899. The second-order valence-corrected chi connectivity index (χ2v) is 6.63. The summed E-state index contributed by atoms with van der Waals surface area (Å²) in [6.07, 6.45) is -0.835. The Bertz CT molecular complexity index is 819. The van der Waals surface area contributed by atoms with Crippen molar-refractivity contribution in [1.29, 1.82) is 0 Å². The third kappa shape index (κ3) is 3.94. The number of carbonyl (C=O) groups excluding carboxylic acids is 3. The molecular formula is C20H18ClNO4. The van der Waals surface area contributed by atoms with Crippen molar-refractivity contribution in [3.8, 4) is 0 Å². The molecule has 5 nitrogen and oxygen atoms in total. The van der Waals surface area contributed by atoms with Gasteiger partial charge < -0.3 is 9.64 Å². The van der Waals surface area contributed by atoms with E-state index in [-0.39, 0.29) is 24.7 Å². The molecule has 1 heterocycles. The van der Waals surface area contributed by atoms with Crippen LogP contribution in [0.4, 0.5) is 5.69 Å². The van der Waals surface area contributed by atoms with Gasteiger partial charge in [-0.3, -0.25) is 14.4 Å². The first-order chi connectivity index (χ1) is 12.5. The van der Waals surface area contributed by atoms with Gasteiger partial charge >= 0.3 is 5.97 Å². The second-order valence-electron chi connectivity index (χ2n) is 6.19. The summed E-state index contributed by atoms with van der Waals surface area (Å²) in [6, 6.07) is 15.5. The zero-order valence-corrected chi connectivity index (χ0v) is 15.0. The molecule has 1 aliphatic heterocycles. The first-order valence-electron chi connectivity index (χ1n) is 8.31. The second kappa shape index (κ2) is 7.70. The average Bonchev–Trinajstić information content (AvgIpc) is 3.04. The number of ether oxygens (including phenoxy) is 1. The van der Waals surface area contributed by atoms with Crippen molar-refractivity contribution in [3.05, 3.63) is 65.2 Å². The van der Waals surface area contributed by atoms with Crippen molar-refractivity contribution in [2.45, 2.75) is 19.4 Å². The number of rotatable bonds is 5. The number of hydrogen-bond donors (Lipinski definition) is 0. The van der Waals surface area contributed by atoms with Gasteiger partial charge in [0, 0.05) is 29.2 Å². The van der Waals surface area contributed by atoms with Gasteiger partial charge in [-0.05, 0) is 31.2 Å². The number of halogens is 1. The molecule has 0 unspecified atom stereocenters. The topological polar surface area (TPSA) is 63.7 Å². The highest BCUT2D eigenvalue weighted by Crippen LogP contribution is 2.27. The van der Waals surface area contributed by atoms with E-state index in [0.29, 0.717) is 16.3 Å². The Morgan fingerprint density at radius 2 is 1.77 bits per heavy atom. The molecule has 2 aromatic carbocycles. The van der Waals surface area contributed by atoms with Crippen LogP contribution in [0.2, 0.25) is 5.02 Å². The third-order valence-electron chi connectivity index (χ3n) is 4.32. The summed E-state index contributed by atoms with van der Waals surface area (Å²) < 4.78 is 5.31. The molecule has 0 radical (unpaired) electrons. The normalized spacial score (nSPS) is 17.8. The Morgan fingerprint density at radius 3 is 2.42 bits per heavy atom. The number of nitrogens with zero attached hydrogens (tertiary/aromatic N) is 1. The summed E-state index contributed by atoms with van der Waals surface area (Å²) >= 11 is 5.86. The minimum absolute atomic E-state index is 0.0632. The van der Waals surface area contributed by atoms with Gasteiger partial charge in [0.15, 0.2) is 6.10 Å². The van der Waals surface area contributed by atoms with Gasteiger partial charge in [0.2, 0.25) is 11.7 Å². The van der Waals surface area contributed by atoms with E-state index in [1.165, 1.54) is 4.90 Å². The molecule has 6 heteroatoms. The van der Waals surface area contributed by atoms with Crippen molar-refractivity contribution >= 4 is 34.9 Å². The quantitative estimate of drug-likeness (QED) is 0.596. The van der Waals surface area contributed by atoms with Gasteiger partial charge in [-0.25, -0.2) is 0 Å². The largest absolute Gasteiger partial charge is 0.454 e. The number of amides is 1. The molecule has 0 aliphatic carbocycles. The summed E-state index contributed by atoms with van der Waals surface area (Å²) in [5, 5.41) is 0.574. The highest BCUT2D eigenvalue weighted by Gasteiger charge is 2.37. The van der Waals surface area contributed by atoms with Gasteiger partial charge in [0.1, 0.15) is 0 Å². The summed E-state index contributed by atoms with van der Waals surface area (Å²) in [6.45, 7) is 1.77. The predicted octanol–water partition coefficient (Wildman–Crippen LogP) is 3.51. The van der Waals surface area contributed by atoms with Crippen molar-refractivity contribution < 1.29 is 19.1 Å². The monoisotopic (exact) mass is 371 g/mol. The lowest BCUT2D eigenvalue weighted by molar-refractivity contribution is -0.151. The maximum absolute atomic E-state index is 12.4. The number of ketones is 1. The fourth-order valence-corrected chi connectivity index (χ4v) is 3.02. The molecule has 2 atom stereocenters. The van der Waals surface area contributed by atoms with Crippen LogP contribution in [0.25, 0.3) is 0 Å². The Kier molecular flexibility index (Phi) is 5.38. The van der Waals surface area contributed by atoms with E-state index in [0.717, 1.165) is 0 Å². The van der Waals surface area contributed by atoms with E-state index in [1.807, 2.05) is 6.07 Å². The zero-order valence-electron chi connectivity index (χ0n) is 14.2. The fourth-order valence-electron chi connectivity index (χ4n) is 2.90. The van der Waals surface area contributed by atoms with Crippen LogP contribution in [-0.4, -0.2) is 30.3 Å². The summed E-state index contributed by atoms with van der Waals surface area (Å²) in [7, 11) is 0. The van der Waals surface area contributed by atoms with Crippen LogP contribution in [0.1, 0.15) is 23.7 Å². The van der Waals surface area contributed by atoms with Crippen LogP contribution in [0, 0.1) is 5.92 Å². The van der Waals surface area contributed by atoms with Gasteiger partial charge in [-0.2, -0.15) is 0 Å². The number of hydrogen-bond acceptors (Lipinski definition) is 4. The van der Waals surface area contributed by atoms with Crippen LogP contribution in [0.15, 0.2) is 54.6 Å². The summed E-state index contributed by atoms with van der Waals surface area (Å²) in [5.41, 5.74) is 1.17. The molecule has 3 rings (SSSR count). The molecule has 134 valence electrons. The Morgan fingerprint density at radius 1 is 1.12 bits per heavy atom. The standard InChI is InChI=1S/C20H18ClNO4/c1-13(19(24)14-5-3-2-4-6-14)26-20(25)15-11-18(23)22(12-15)17-9-7-16(21)8-10-17/h2-10,13,15H,11-12H2,1H3/t13-,15-/m0/s1. The lowest BCUT2D eigenvalue weighted by atomic mass is 10.1. The highest BCUT2D eigenvalue weighted by atomic mass is 35.5. The molecular weight excluding hydrogens is 354 g/mol. The van der Waals surface area contributed by atoms with Crippen molar-refractivity contribution in [1.82, 2.24) is 0 Å². The molecule has 1 saturated heterocycles. The minimum Gasteiger partial charge on any atom is -0.454 e. The molecule has 0 N–H and O–H groups in total. The van der Waals surface area contributed by atoms with E-state index < -0.39 is 18.0 Å². The van der Waals surface area contributed by atoms with E-state index in [2.05, 4.69) is 0 Å². The molecule has 1 fully saturated rings. The number of esters is 1. The molecule has 0 aromatic heterocycles. The van der Waals surface area contributed by atoms with Crippen LogP contribution >= 0.6 is 11.6 Å². The van der Waals surface area contributed by atoms with Gasteiger partial charge in [0.25, 0.3) is 0 Å². The predicted molar refractivity (Wildman–Crippen MR) is 98.2 cm³/mol. The lowest BCUT2D eigenvalue weighted by Crippen LogP contribution is -2.30. The Labute approximate surface area is 156 Å². The smallest absolute Gasteiger partial charge is 0.312 e. The molecule has 0 bridgehead atoms. The number of carbonyl (C=O) groups is 3. The van der Waals surface area contributed by atoms with Gasteiger partial charge in [-0.15, -0.1) is 0 Å². The Hall–Kier alpha value is -2.66. The SMILES string of the molecule is C[C@H](OC(=O)[C@H]1CC(=O)N(c2ccc(Cl)cc2)C1)C(=O)c1ccccc1. The van der Waals surface area contributed by atoms with E-state index in [1.54, 1.807) is 55.5 Å². The molecule has 26 heavy (non-hydrogen) atoms. The lowest BCUT2D eigenvalue weighted by Gasteiger charge is -2.17. The maximum atomic E-state index is 12.4. The average molecular weight is 372 g/mol. The third-order valence-corrected chi connectivity index (χ3v) is 4.57. The van der Waals surface area contributed by atoms with E-state index in [9.17, 15) is 14.4 Å². The van der Waals surface area contributed by atoms with E-state index in [4.69, 9.17) is 16.3 Å². The van der Waals surface area contributed by atoms with Gasteiger partial charge in [-0.1, -0.05) is 41.9 Å². The van der Waals surface area contributed by atoms with Crippen LogP contribution in [0.3, 0.4) is 0 Å². The van der Waals surface area contributed by atoms with Crippen LogP contribution < -0.4 is 4.90 Å². The zero-order chi connectivity index (χ0) is 18.7. The molecule has 1 aliphatic rings. The number of anilines is 1. The maximum Gasteiger partial charge on any atom is 0.312 e. The molecule has 1 amide bonds. The molecule has 2 aromatic rings. The summed E-state index contributed by atoms with van der Waals surface area (Å²) in [4.78, 5) is 38.5. The first kappa shape index (κ1) is 18.1.